The highest BCUT2D eigenvalue weighted by Crippen LogP contribution is 2.13. The van der Waals surface area contributed by atoms with Crippen molar-refractivity contribution in [3.8, 4) is 0 Å². The molecule has 1 amide bonds. The lowest BCUT2D eigenvalue weighted by atomic mass is 10.0. The van der Waals surface area contributed by atoms with E-state index in [1.807, 2.05) is 12.4 Å². The minimum atomic E-state index is -0.427. The molecule has 1 atom stereocenters. The van der Waals surface area contributed by atoms with Crippen molar-refractivity contribution < 1.29 is 4.79 Å². The number of carbonyl (C=O) groups is 1. The lowest BCUT2D eigenvalue weighted by Crippen LogP contribution is -2.42. The lowest BCUT2D eigenvalue weighted by Gasteiger charge is -2.21. The van der Waals surface area contributed by atoms with E-state index in [9.17, 15) is 10.0 Å². The molecule has 25 heavy (non-hydrogen) atoms. The van der Waals surface area contributed by atoms with E-state index in [1.54, 1.807) is 0 Å². The minimum Gasteiger partial charge on any atom is -0.786 e. The number of nitrogens with one attached hydrogen (secondary N) is 2. The van der Waals surface area contributed by atoms with Crippen LogP contribution in [-0.4, -0.2) is 12.1 Å². The number of rotatable bonds is 19. The summed E-state index contributed by atoms with van der Waals surface area (Å²) in [7, 11) is 0. The van der Waals surface area contributed by atoms with E-state index in [0.29, 0.717) is 12.8 Å². The number of hydrogen-bond donors (Lipinski definition) is 2. The van der Waals surface area contributed by atoms with Crippen LogP contribution in [0.4, 0.5) is 0 Å². The second kappa shape index (κ2) is 19.7. The molecule has 0 rings (SSSR count). The topological polar surface area (TPSA) is 64.2 Å². The van der Waals surface area contributed by atoms with Gasteiger partial charge in [0, 0.05) is 6.42 Å². The SMILES string of the molecule is CCCCCCCCCCCCCCCCCC(=O)NC(CC)N[O-]. The molecule has 0 saturated carbocycles. The molecule has 4 nitrogen and oxygen atoms in total. The Morgan fingerprint density at radius 2 is 1.12 bits per heavy atom. The average Bonchev–Trinajstić information content (AvgIpc) is 2.62. The van der Waals surface area contributed by atoms with E-state index in [-0.39, 0.29) is 5.91 Å². The molecule has 1 unspecified atom stereocenters. The van der Waals surface area contributed by atoms with Crippen LogP contribution in [0.5, 0.6) is 0 Å². The van der Waals surface area contributed by atoms with E-state index in [1.165, 1.54) is 83.5 Å². The standard InChI is InChI=1S/C21H43N2O2/c1-3-5-6-7-8-9-10-11-12-13-14-15-16-17-18-19-21(24)22-20(4-2)23-25/h20,23H,3-19H2,1-2H3,(H,22,24)/q-1. The first-order chi connectivity index (χ1) is 12.2. The Hall–Kier alpha value is -0.610. The summed E-state index contributed by atoms with van der Waals surface area (Å²) in [6, 6.07) is 0. The van der Waals surface area contributed by atoms with E-state index in [2.05, 4.69) is 12.2 Å². The molecule has 0 spiro atoms. The van der Waals surface area contributed by atoms with Gasteiger partial charge < -0.3 is 16.0 Å². The van der Waals surface area contributed by atoms with Gasteiger partial charge in [0.1, 0.15) is 0 Å². The Morgan fingerprint density at radius 1 is 0.720 bits per heavy atom. The van der Waals surface area contributed by atoms with E-state index in [4.69, 9.17) is 0 Å². The highest BCUT2D eigenvalue weighted by atomic mass is 16.5. The first kappa shape index (κ1) is 24.4. The summed E-state index contributed by atoms with van der Waals surface area (Å²) < 4.78 is 0. The molecule has 0 aromatic carbocycles. The molecule has 0 aliphatic carbocycles. The first-order valence-corrected chi connectivity index (χ1v) is 10.9. The number of hydroxylamine groups is 1. The molecule has 0 fully saturated rings. The number of carbonyl (C=O) groups excluding carboxylic acids is 1. The molecule has 0 saturated heterocycles. The van der Waals surface area contributed by atoms with Gasteiger partial charge in [-0.3, -0.25) is 4.79 Å². The van der Waals surface area contributed by atoms with Crippen molar-refractivity contribution in [3.05, 3.63) is 5.21 Å². The van der Waals surface area contributed by atoms with Gasteiger partial charge >= 0.3 is 0 Å². The summed E-state index contributed by atoms with van der Waals surface area (Å²) >= 11 is 0. The second-order valence-corrected chi connectivity index (χ2v) is 7.35. The molecule has 0 heterocycles. The maximum atomic E-state index is 11.6. The number of unbranched alkanes of at least 4 members (excludes halogenated alkanes) is 14. The molecule has 0 aromatic heterocycles. The third kappa shape index (κ3) is 18.0. The molecular formula is C21H43N2O2-. The zero-order chi connectivity index (χ0) is 18.6. The molecule has 4 heteroatoms. The second-order valence-electron chi connectivity index (χ2n) is 7.35. The Morgan fingerprint density at radius 3 is 1.48 bits per heavy atom. The van der Waals surface area contributed by atoms with Crippen LogP contribution in [0.3, 0.4) is 0 Å². The molecule has 150 valence electrons. The van der Waals surface area contributed by atoms with E-state index >= 15 is 0 Å². The Bertz CT molecular complexity index is 281. The molecular weight excluding hydrogens is 312 g/mol. The largest absolute Gasteiger partial charge is 0.786 e. The first-order valence-electron chi connectivity index (χ1n) is 10.9. The average molecular weight is 356 g/mol. The van der Waals surface area contributed by atoms with Gasteiger partial charge in [-0.2, -0.15) is 0 Å². The normalized spacial score (nSPS) is 12.3. The maximum Gasteiger partial charge on any atom is 0.221 e. The Labute approximate surface area is 156 Å². The Balaban J connectivity index is 3.17. The fraction of sp³-hybridized carbons (Fsp3) is 0.952. The van der Waals surface area contributed by atoms with E-state index < -0.39 is 6.17 Å². The summed E-state index contributed by atoms with van der Waals surface area (Å²) in [4.78, 5) is 11.6. The fourth-order valence-electron chi connectivity index (χ4n) is 3.14. The molecule has 0 aromatic rings. The maximum absolute atomic E-state index is 11.6. The van der Waals surface area contributed by atoms with Crippen molar-refractivity contribution in [2.45, 2.75) is 129 Å². The highest BCUT2D eigenvalue weighted by molar-refractivity contribution is 5.76. The van der Waals surface area contributed by atoms with Crippen LogP contribution in [0.2, 0.25) is 0 Å². The van der Waals surface area contributed by atoms with Crippen LogP contribution in [0.1, 0.15) is 123 Å². The van der Waals surface area contributed by atoms with Gasteiger partial charge in [0.05, 0.1) is 6.17 Å². The van der Waals surface area contributed by atoms with E-state index in [0.717, 1.165) is 12.8 Å². The summed E-state index contributed by atoms with van der Waals surface area (Å²) in [5, 5.41) is 13.2. The van der Waals surface area contributed by atoms with Crippen molar-refractivity contribution in [3.63, 3.8) is 0 Å². The van der Waals surface area contributed by atoms with Crippen LogP contribution in [-0.2, 0) is 4.79 Å². The van der Waals surface area contributed by atoms with Crippen LogP contribution >= 0.6 is 0 Å². The van der Waals surface area contributed by atoms with Gasteiger partial charge in [-0.25, -0.2) is 0 Å². The summed E-state index contributed by atoms with van der Waals surface area (Å²) in [5.74, 6) is -0.00936. The van der Waals surface area contributed by atoms with Gasteiger partial charge in [-0.15, -0.1) is 0 Å². The molecule has 0 aliphatic heterocycles. The van der Waals surface area contributed by atoms with Gasteiger partial charge in [-0.05, 0) is 12.8 Å². The van der Waals surface area contributed by atoms with Crippen LogP contribution in [0, 0.1) is 5.21 Å². The molecule has 2 N–H and O–H groups in total. The van der Waals surface area contributed by atoms with Gasteiger partial charge in [0.2, 0.25) is 5.91 Å². The van der Waals surface area contributed by atoms with Crippen molar-refractivity contribution in [1.29, 1.82) is 0 Å². The monoisotopic (exact) mass is 355 g/mol. The van der Waals surface area contributed by atoms with Gasteiger partial charge in [0.15, 0.2) is 0 Å². The fourth-order valence-corrected chi connectivity index (χ4v) is 3.14. The van der Waals surface area contributed by atoms with Crippen LogP contribution < -0.4 is 10.8 Å². The number of amides is 1. The van der Waals surface area contributed by atoms with Crippen LogP contribution in [0.15, 0.2) is 0 Å². The number of hydrogen-bond acceptors (Lipinski definition) is 3. The van der Waals surface area contributed by atoms with Crippen LogP contribution in [0.25, 0.3) is 0 Å². The minimum absolute atomic E-state index is 0.00936. The van der Waals surface area contributed by atoms with Gasteiger partial charge in [0.25, 0.3) is 0 Å². The molecule has 0 aliphatic rings. The van der Waals surface area contributed by atoms with Crippen molar-refractivity contribution in [2.75, 3.05) is 0 Å². The van der Waals surface area contributed by atoms with Crippen molar-refractivity contribution in [2.24, 2.45) is 0 Å². The summed E-state index contributed by atoms with van der Waals surface area (Å²) in [6.07, 6.45) is 20.6. The van der Waals surface area contributed by atoms with Crippen molar-refractivity contribution >= 4 is 5.91 Å². The quantitative estimate of drug-likeness (QED) is 0.165. The molecule has 0 bridgehead atoms. The zero-order valence-electron chi connectivity index (χ0n) is 16.9. The third-order valence-corrected chi connectivity index (χ3v) is 4.89. The third-order valence-electron chi connectivity index (χ3n) is 4.89. The lowest BCUT2D eigenvalue weighted by molar-refractivity contribution is -0.122. The molecule has 0 radical (unpaired) electrons. The Kier molecular flexibility index (Phi) is 19.2. The predicted molar refractivity (Wildman–Crippen MR) is 108 cm³/mol. The summed E-state index contributed by atoms with van der Waals surface area (Å²) in [6.45, 7) is 4.15. The summed E-state index contributed by atoms with van der Waals surface area (Å²) in [5.41, 5.74) is 1.85. The van der Waals surface area contributed by atoms with Crippen molar-refractivity contribution in [1.82, 2.24) is 10.8 Å². The zero-order valence-corrected chi connectivity index (χ0v) is 16.9. The smallest absolute Gasteiger partial charge is 0.221 e. The predicted octanol–water partition coefficient (Wildman–Crippen LogP) is 6.19. The van der Waals surface area contributed by atoms with Gasteiger partial charge in [-0.1, -0.05) is 104 Å². The highest BCUT2D eigenvalue weighted by Gasteiger charge is 2.05.